The minimum Gasteiger partial charge on any atom is -0.385 e. The van der Waals surface area contributed by atoms with Gasteiger partial charge in [0.1, 0.15) is 5.82 Å². The highest BCUT2D eigenvalue weighted by Crippen LogP contribution is 2.25. The predicted octanol–water partition coefficient (Wildman–Crippen LogP) is -0.229. The summed E-state index contributed by atoms with van der Waals surface area (Å²) in [4.78, 5) is 6.89. The molecule has 0 bridgehead atoms. The topological polar surface area (TPSA) is 91.7 Å². The Labute approximate surface area is 124 Å². The first kappa shape index (κ1) is 13.9. The maximum atomic E-state index is 6.49. The molecule has 0 aromatic heterocycles. The van der Waals surface area contributed by atoms with Crippen LogP contribution in [0.4, 0.5) is 0 Å². The van der Waals surface area contributed by atoms with Crippen LogP contribution >= 0.6 is 0 Å². The van der Waals surface area contributed by atoms with E-state index in [1.807, 2.05) is 24.3 Å². The molecule has 1 atom stereocenters. The van der Waals surface area contributed by atoms with E-state index in [2.05, 4.69) is 22.5 Å². The smallest absolute Gasteiger partial charge is 0.202 e. The van der Waals surface area contributed by atoms with Crippen LogP contribution in [0.2, 0.25) is 0 Å². The molecule has 2 aliphatic rings. The van der Waals surface area contributed by atoms with Crippen LogP contribution in [0.25, 0.3) is 0 Å². The van der Waals surface area contributed by atoms with Gasteiger partial charge in [-0.1, -0.05) is 29.8 Å². The highest BCUT2D eigenvalue weighted by Gasteiger charge is 2.30. The van der Waals surface area contributed by atoms with Crippen LogP contribution in [0.15, 0.2) is 41.2 Å². The minimum absolute atomic E-state index is 0.543. The van der Waals surface area contributed by atoms with E-state index in [0.717, 1.165) is 37.7 Å². The molecule has 2 aliphatic heterocycles. The van der Waals surface area contributed by atoms with Crippen molar-refractivity contribution in [3.63, 3.8) is 0 Å². The highest BCUT2D eigenvalue weighted by molar-refractivity contribution is 5.83. The second-order valence-electron chi connectivity index (χ2n) is 5.59. The summed E-state index contributed by atoms with van der Waals surface area (Å²) in [6.45, 7) is 5.71. The molecule has 6 nitrogen and oxygen atoms in total. The lowest BCUT2D eigenvalue weighted by Crippen LogP contribution is -2.55. The van der Waals surface area contributed by atoms with E-state index in [4.69, 9.17) is 16.5 Å². The van der Waals surface area contributed by atoms with Gasteiger partial charge in [0, 0.05) is 32.3 Å². The maximum absolute atomic E-state index is 6.49. The number of nitrogens with two attached hydrogens (primary N) is 2. The molecule has 0 amide bonds. The molecular formula is C15H22N6. The van der Waals surface area contributed by atoms with Crippen LogP contribution < -0.4 is 22.1 Å². The van der Waals surface area contributed by atoms with Crippen LogP contribution in [0.1, 0.15) is 11.1 Å². The normalized spacial score (nSPS) is 25.9. The number of benzene rings is 1. The molecule has 1 unspecified atom stereocenters. The third kappa shape index (κ3) is 2.86. The summed E-state index contributed by atoms with van der Waals surface area (Å²) in [6.07, 6.45) is 1.77. The molecule has 0 aliphatic carbocycles. The molecular weight excluding hydrogens is 264 g/mol. The molecule has 1 aromatic carbocycles. The lowest BCUT2D eigenvalue weighted by molar-refractivity contribution is 0.341. The monoisotopic (exact) mass is 286 g/mol. The fraction of sp³-hybridized carbons (Fsp3) is 0.400. The summed E-state index contributed by atoms with van der Waals surface area (Å²) in [5, 5.41) is 6.45. The molecule has 6 N–H and O–H groups in total. The van der Waals surface area contributed by atoms with Crippen LogP contribution in [0.5, 0.6) is 0 Å². The number of hydrogen-bond donors (Lipinski definition) is 4. The fourth-order valence-corrected chi connectivity index (χ4v) is 2.63. The van der Waals surface area contributed by atoms with Crippen LogP contribution in [0, 0.1) is 6.92 Å². The Bertz CT molecular complexity index is 570. The van der Waals surface area contributed by atoms with Crippen molar-refractivity contribution >= 4 is 5.96 Å². The molecule has 1 aromatic rings. The molecule has 21 heavy (non-hydrogen) atoms. The van der Waals surface area contributed by atoms with Crippen molar-refractivity contribution in [1.29, 1.82) is 0 Å². The average Bonchev–Trinajstić information content (AvgIpc) is 2.48. The number of nitrogens with one attached hydrogen (secondary N) is 2. The van der Waals surface area contributed by atoms with Crippen molar-refractivity contribution in [3.8, 4) is 0 Å². The van der Waals surface area contributed by atoms with Crippen molar-refractivity contribution in [2.24, 2.45) is 16.5 Å². The van der Waals surface area contributed by atoms with Crippen LogP contribution in [0.3, 0.4) is 0 Å². The summed E-state index contributed by atoms with van der Waals surface area (Å²) < 4.78 is 0. The first-order chi connectivity index (χ1) is 10.1. The van der Waals surface area contributed by atoms with E-state index in [-0.39, 0.29) is 0 Å². The van der Waals surface area contributed by atoms with E-state index < -0.39 is 5.66 Å². The van der Waals surface area contributed by atoms with E-state index in [1.54, 1.807) is 6.08 Å². The van der Waals surface area contributed by atoms with Crippen LogP contribution in [-0.4, -0.2) is 37.0 Å². The van der Waals surface area contributed by atoms with Crippen molar-refractivity contribution < 1.29 is 0 Å². The molecule has 112 valence electrons. The van der Waals surface area contributed by atoms with Crippen molar-refractivity contribution in [1.82, 2.24) is 15.5 Å². The van der Waals surface area contributed by atoms with Crippen molar-refractivity contribution in [3.05, 3.63) is 47.3 Å². The average molecular weight is 286 g/mol. The van der Waals surface area contributed by atoms with Gasteiger partial charge in [-0.3, -0.25) is 5.73 Å². The number of rotatable bonds is 1. The van der Waals surface area contributed by atoms with Gasteiger partial charge in [0.15, 0.2) is 5.66 Å². The van der Waals surface area contributed by atoms with Gasteiger partial charge in [-0.15, -0.1) is 0 Å². The Hall–Kier alpha value is -2.05. The number of nitrogens with zero attached hydrogens (tertiary/aromatic N) is 2. The molecule has 2 heterocycles. The molecule has 1 saturated heterocycles. The van der Waals surface area contributed by atoms with Gasteiger partial charge < -0.3 is 21.3 Å². The summed E-state index contributed by atoms with van der Waals surface area (Å²) in [5.74, 6) is 1.29. The Kier molecular flexibility index (Phi) is 3.57. The molecule has 3 rings (SSSR count). The summed E-state index contributed by atoms with van der Waals surface area (Å²) >= 11 is 0. The number of guanidine groups is 1. The van der Waals surface area contributed by atoms with E-state index in [1.165, 1.54) is 5.56 Å². The lowest BCUT2D eigenvalue weighted by Gasteiger charge is -2.36. The third-order valence-electron chi connectivity index (χ3n) is 3.85. The predicted molar refractivity (Wildman–Crippen MR) is 84.3 cm³/mol. The Morgan fingerprint density at radius 2 is 1.86 bits per heavy atom. The standard InChI is InChI=1S/C15H22N6/c1-11-2-4-12(5-3-11)15(17)10-13(16)19-14(20-15)21-8-6-18-7-9-21/h2-5,10,18H,6-9,16-17H2,1H3,(H,19,20). The minimum atomic E-state index is -0.913. The van der Waals surface area contributed by atoms with E-state index in [9.17, 15) is 0 Å². The summed E-state index contributed by atoms with van der Waals surface area (Å²) in [6, 6.07) is 8.08. The number of aliphatic imine (C=N–C) groups is 1. The van der Waals surface area contributed by atoms with Gasteiger partial charge in [-0.05, 0) is 12.5 Å². The quantitative estimate of drug-likeness (QED) is 0.572. The fourth-order valence-electron chi connectivity index (χ4n) is 2.63. The van der Waals surface area contributed by atoms with Crippen LogP contribution in [-0.2, 0) is 5.66 Å². The first-order valence-electron chi connectivity index (χ1n) is 7.24. The van der Waals surface area contributed by atoms with Gasteiger partial charge in [0.2, 0.25) is 5.96 Å². The first-order valence-corrected chi connectivity index (χ1v) is 7.24. The van der Waals surface area contributed by atoms with Gasteiger partial charge in [0.25, 0.3) is 0 Å². The number of piperazine rings is 1. The zero-order chi connectivity index (χ0) is 14.9. The van der Waals surface area contributed by atoms with E-state index >= 15 is 0 Å². The Balaban J connectivity index is 1.93. The highest BCUT2D eigenvalue weighted by atomic mass is 15.4. The molecule has 0 spiro atoms. The molecule has 1 fully saturated rings. The zero-order valence-corrected chi connectivity index (χ0v) is 12.3. The van der Waals surface area contributed by atoms with Gasteiger partial charge >= 0.3 is 0 Å². The second kappa shape index (κ2) is 5.38. The van der Waals surface area contributed by atoms with Gasteiger partial charge in [-0.2, -0.15) is 0 Å². The number of hydrogen-bond acceptors (Lipinski definition) is 6. The maximum Gasteiger partial charge on any atom is 0.202 e. The third-order valence-corrected chi connectivity index (χ3v) is 3.85. The second-order valence-corrected chi connectivity index (χ2v) is 5.59. The number of aryl methyl sites for hydroxylation is 1. The van der Waals surface area contributed by atoms with E-state index in [0.29, 0.717) is 5.82 Å². The summed E-state index contributed by atoms with van der Waals surface area (Å²) in [5.41, 5.74) is 13.7. The lowest BCUT2D eigenvalue weighted by atomic mass is 9.98. The molecule has 6 heteroatoms. The Morgan fingerprint density at radius 1 is 1.19 bits per heavy atom. The van der Waals surface area contributed by atoms with Gasteiger partial charge in [-0.25, -0.2) is 4.99 Å². The van der Waals surface area contributed by atoms with Crippen molar-refractivity contribution in [2.75, 3.05) is 26.2 Å². The Morgan fingerprint density at radius 3 is 2.52 bits per heavy atom. The molecule has 0 radical (unpaired) electrons. The summed E-state index contributed by atoms with van der Waals surface area (Å²) in [7, 11) is 0. The largest absolute Gasteiger partial charge is 0.385 e. The van der Waals surface area contributed by atoms with Crippen molar-refractivity contribution in [2.45, 2.75) is 12.6 Å². The molecule has 0 saturated carbocycles. The SMILES string of the molecule is Cc1ccc(C2(N)C=C(N)NC(N3CCNCC3)=N2)cc1. The zero-order valence-electron chi connectivity index (χ0n) is 12.3. The van der Waals surface area contributed by atoms with Gasteiger partial charge in [0.05, 0.1) is 0 Å².